The summed E-state index contributed by atoms with van der Waals surface area (Å²) in [6.07, 6.45) is 1.49. The molecule has 1 amide bonds. The molecular weight excluding hydrogens is 328 g/mol. The summed E-state index contributed by atoms with van der Waals surface area (Å²) < 4.78 is 30.9. The molecule has 0 fully saturated rings. The van der Waals surface area contributed by atoms with E-state index < -0.39 is 16.1 Å². The Bertz CT molecular complexity index is 673. The Kier molecular flexibility index (Phi) is 7.23. The number of nitrogens with zero attached hydrogens (tertiary/aromatic N) is 1. The van der Waals surface area contributed by atoms with Crippen LogP contribution in [-0.2, 0) is 19.6 Å². The number of hydrogen-bond acceptors (Lipinski definition) is 4. The van der Waals surface area contributed by atoms with Gasteiger partial charge in [-0.05, 0) is 50.5 Å². The number of amides is 1. The monoisotopic (exact) mass is 356 g/mol. The summed E-state index contributed by atoms with van der Waals surface area (Å²) in [6, 6.07) is 4.39. The predicted molar refractivity (Wildman–Crippen MR) is 96.8 cm³/mol. The van der Waals surface area contributed by atoms with Crippen molar-refractivity contribution in [1.82, 2.24) is 5.32 Å². The number of sulfonamides is 1. The van der Waals surface area contributed by atoms with E-state index >= 15 is 0 Å². The number of methoxy groups -OCH3 is 1. The van der Waals surface area contributed by atoms with Crippen LogP contribution in [0.3, 0.4) is 0 Å². The van der Waals surface area contributed by atoms with Gasteiger partial charge in [0.15, 0.2) is 0 Å². The van der Waals surface area contributed by atoms with E-state index in [-0.39, 0.29) is 11.9 Å². The fourth-order valence-corrected chi connectivity index (χ4v) is 3.76. The molecule has 0 bridgehead atoms. The molecule has 0 heterocycles. The second-order valence-electron chi connectivity index (χ2n) is 6.12. The number of anilines is 1. The molecule has 1 N–H and O–H groups in total. The van der Waals surface area contributed by atoms with Crippen LogP contribution in [0.4, 0.5) is 5.69 Å². The summed E-state index contributed by atoms with van der Waals surface area (Å²) >= 11 is 0. The minimum absolute atomic E-state index is 0.197. The Balaban J connectivity index is 3.22. The van der Waals surface area contributed by atoms with Gasteiger partial charge in [0, 0.05) is 13.2 Å². The van der Waals surface area contributed by atoms with Gasteiger partial charge in [0.1, 0.15) is 6.04 Å². The number of carbonyl (C=O) groups excluding carboxylic acids is 1. The molecule has 0 saturated heterocycles. The third-order valence-corrected chi connectivity index (χ3v) is 5.06. The Morgan fingerprint density at radius 1 is 1.29 bits per heavy atom. The third kappa shape index (κ3) is 5.21. The maximum Gasteiger partial charge on any atom is 0.244 e. The first-order chi connectivity index (χ1) is 11.1. The second-order valence-corrected chi connectivity index (χ2v) is 7.98. The predicted octanol–water partition coefficient (Wildman–Crippen LogP) is 2.00. The van der Waals surface area contributed by atoms with Crippen molar-refractivity contribution in [3.63, 3.8) is 0 Å². The Morgan fingerprint density at radius 3 is 2.38 bits per heavy atom. The van der Waals surface area contributed by atoms with E-state index in [0.717, 1.165) is 17.4 Å². The lowest BCUT2D eigenvalue weighted by molar-refractivity contribution is -0.123. The Hall–Kier alpha value is -1.60. The summed E-state index contributed by atoms with van der Waals surface area (Å²) in [5.74, 6) is -0.328. The Morgan fingerprint density at radius 2 is 1.92 bits per heavy atom. The minimum atomic E-state index is -3.61. The number of aryl methyl sites for hydroxylation is 2. The summed E-state index contributed by atoms with van der Waals surface area (Å²) in [7, 11) is -2.06. The van der Waals surface area contributed by atoms with Crippen molar-refractivity contribution in [3.05, 3.63) is 29.3 Å². The smallest absolute Gasteiger partial charge is 0.244 e. The zero-order chi connectivity index (χ0) is 18.5. The molecule has 0 aromatic heterocycles. The molecule has 1 aromatic carbocycles. The highest BCUT2D eigenvalue weighted by Gasteiger charge is 2.32. The standard InChI is InChI=1S/C17H28N2O4S/c1-7-16(17(20)18-14(4)11-23-5)19(24(6,21)22)15-9-8-12(2)13(3)10-15/h8-10,14,16H,7,11H2,1-6H3,(H,18,20)/t14-,16+/m1/s1. The molecule has 1 aromatic rings. The van der Waals surface area contributed by atoms with E-state index in [4.69, 9.17) is 4.74 Å². The largest absolute Gasteiger partial charge is 0.383 e. The lowest BCUT2D eigenvalue weighted by Crippen LogP contribution is -2.51. The lowest BCUT2D eigenvalue weighted by atomic mass is 10.1. The zero-order valence-electron chi connectivity index (χ0n) is 15.3. The molecule has 136 valence electrons. The van der Waals surface area contributed by atoms with Crippen molar-refractivity contribution in [2.24, 2.45) is 0 Å². The van der Waals surface area contributed by atoms with Crippen molar-refractivity contribution in [2.45, 2.75) is 46.2 Å². The molecule has 0 aliphatic heterocycles. The van der Waals surface area contributed by atoms with Crippen LogP contribution in [-0.4, -0.2) is 46.4 Å². The van der Waals surface area contributed by atoms with Crippen molar-refractivity contribution in [2.75, 3.05) is 24.3 Å². The second kappa shape index (κ2) is 8.48. The molecule has 0 radical (unpaired) electrons. The van der Waals surface area contributed by atoms with Gasteiger partial charge in [-0.15, -0.1) is 0 Å². The van der Waals surface area contributed by atoms with Crippen LogP contribution in [0.25, 0.3) is 0 Å². The van der Waals surface area contributed by atoms with Crippen molar-refractivity contribution < 1.29 is 17.9 Å². The molecule has 0 aliphatic carbocycles. The van der Waals surface area contributed by atoms with Gasteiger partial charge in [-0.2, -0.15) is 0 Å². The minimum Gasteiger partial charge on any atom is -0.383 e. The summed E-state index contributed by atoms with van der Waals surface area (Å²) in [4.78, 5) is 12.6. The maximum absolute atomic E-state index is 12.6. The van der Waals surface area contributed by atoms with Crippen LogP contribution < -0.4 is 9.62 Å². The van der Waals surface area contributed by atoms with Crippen LogP contribution in [0, 0.1) is 13.8 Å². The van der Waals surface area contributed by atoms with Crippen LogP contribution in [0.5, 0.6) is 0 Å². The van der Waals surface area contributed by atoms with Gasteiger partial charge in [0.25, 0.3) is 0 Å². The van der Waals surface area contributed by atoms with Crippen LogP contribution >= 0.6 is 0 Å². The maximum atomic E-state index is 12.6. The number of hydrogen-bond donors (Lipinski definition) is 1. The molecular formula is C17H28N2O4S. The third-order valence-electron chi connectivity index (χ3n) is 3.88. The zero-order valence-corrected chi connectivity index (χ0v) is 16.1. The first kappa shape index (κ1) is 20.4. The normalized spacial score (nSPS) is 14.1. The summed E-state index contributed by atoms with van der Waals surface area (Å²) in [5.41, 5.74) is 2.55. The molecule has 2 atom stereocenters. The number of nitrogens with one attached hydrogen (secondary N) is 1. The molecule has 7 heteroatoms. The van der Waals surface area contributed by atoms with Crippen molar-refractivity contribution in [1.29, 1.82) is 0 Å². The van der Waals surface area contributed by atoms with E-state index in [9.17, 15) is 13.2 Å². The molecule has 0 spiro atoms. The first-order valence-corrected chi connectivity index (χ1v) is 9.82. The molecule has 1 rings (SSSR count). The number of rotatable bonds is 8. The fourth-order valence-electron chi connectivity index (χ4n) is 2.55. The van der Waals surface area contributed by atoms with Gasteiger partial charge < -0.3 is 10.1 Å². The van der Waals surface area contributed by atoms with Gasteiger partial charge in [-0.1, -0.05) is 13.0 Å². The van der Waals surface area contributed by atoms with Crippen molar-refractivity contribution in [3.8, 4) is 0 Å². The first-order valence-electron chi connectivity index (χ1n) is 7.97. The quantitative estimate of drug-likeness (QED) is 0.773. The average Bonchev–Trinajstić information content (AvgIpc) is 2.46. The van der Waals surface area contributed by atoms with Crippen LogP contribution in [0.2, 0.25) is 0 Å². The van der Waals surface area contributed by atoms with Gasteiger partial charge in [0.2, 0.25) is 15.9 Å². The van der Waals surface area contributed by atoms with Gasteiger partial charge in [-0.25, -0.2) is 8.42 Å². The van der Waals surface area contributed by atoms with Crippen molar-refractivity contribution >= 4 is 21.6 Å². The Labute approximate surface area is 145 Å². The lowest BCUT2D eigenvalue weighted by Gasteiger charge is -2.31. The van der Waals surface area contributed by atoms with E-state index in [2.05, 4.69) is 5.32 Å². The summed E-state index contributed by atoms with van der Waals surface area (Å²) in [5, 5.41) is 2.81. The van der Waals surface area contributed by atoms with Crippen LogP contribution in [0.1, 0.15) is 31.4 Å². The number of ether oxygens (including phenoxy) is 1. The molecule has 24 heavy (non-hydrogen) atoms. The van der Waals surface area contributed by atoms with E-state index in [1.807, 2.05) is 26.8 Å². The topological polar surface area (TPSA) is 75.7 Å². The highest BCUT2D eigenvalue weighted by Crippen LogP contribution is 2.25. The van der Waals surface area contributed by atoms with Gasteiger partial charge in [-0.3, -0.25) is 9.10 Å². The van der Waals surface area contributed by atoms with Gasteiger partial charge in [0.05, 0.1) is 18.6 Å². The van der Waals surface area contributed by atoms with E-state index in [1.54, 1.807) is 26.2 Å². The number of carbonyl (C=O) groups is 1. The van der Waals surface area contributed by atoms with Gasteiger partial charge >= 0.3 is 0 Å². The van der Waals surface area contributed by atoms with Crippen LogP contribution in [0.15, 0.2) is 18.2 Å². The van der Waals surface area contributed by atoms with E-state index in [1.165, 1.54) is 4.31 Å². The molecule has 0 unspecified atom stereocenters. The highest BCUT2D eigenvalue weighted by molar-refractivity contribution is 7.92. The SMILES string of the molecule is CC[C@@H](C(=O)N[C@H](C)COC)N(c1ccc(C)c(C)c1)S(C)(=O)=O. The molecule has 6 nitrogen and oxygen atoms in total. The molecule has 0 saturated carbocycles. The fraction of sp³-hybridized carbons (Fsp3) is 0.588. The molecule has 0 aliphatic rings. The average molecular weight is 356 g/mol. The van der Waals surface area contributed by atoms with E-state index in [0.29, 0.717) is 18.7 Å². The summed E-state index contributed by atoms with van der Waals surface area (Å²) in [6.45, 7) is 7.85. The highest BCUT2D eigenvalue weighted by atomic mass is 32.2. The number of benzene rings is 1.